The summed E-state index contributed by atoms with van der Waals surface area (Å²) in [5, 5.41) is 0.675. The summed E-state index contributed by atoms with van der Waals surface area (Å²) in [4.78, 5) is 30.9. The molecule has 1 atom stereocenters. The minimum Gasteiger partial charge on any atom is -0.497 e. The molecule has 0 spiro atoms. The van der Waals surface area contributed by atoms with Crippen LogP contribution in [-0.2, 0) is 9.53 Å². The van der Waals surface area contributed by atoms with Crippen molar-refractivity contribution >= 4 is 22.8 Å². The molecule has 1 aromatic heterocycles. The maximum absolute atomic E-state index is 12.8. The van der Waals surface area contributed by atoms with Crippen molar-refractivity contribution in [1.29, 1.82) is 0 Å². The fraction of sp³-hybridized carbons (Fsp3) is 0.227. The number of amides is 1. The number of carbonyl (C=O) groups excluding carboxylic acids is 2. The van der Waals surface area contributed by atoms with Crippen LogP contribution in [0.25, 0.3) is 22.2 Å². The zero-order valence-electron chi connectivity index (χ0n) is 16.3. The first-order valence-electron chi connectivity index (χ1n) is 8.87. The topological polar surface area (TPSA) is 68.7 Å². The number of nitrogens with zero attached hydrogens (tertiary/aromatic N) is 2. The van der Waals surface area contributed by atoms with E-state index in [0.29, 0.717) is 22.2 Å². The van der Waals surface area contributed by atoms with Crippen LogP contribution < -0.4 is 4.74 Å². The van der Waals surface area contributed by atoms with Crippen LogP contribution in [-0.4, -0.2) is 49.1 Å². The quantitative estimate of drug-likeness (QED) is 0.635. The van der Waals surface area contributed by atoms with Gasteiger partial charge in [0.1, 0.15) is 5.75 Å². The molecule has 0 bridgehead atoms. The Balaban J connectivity index is 2.02. The Kier molecular flexibility index (Phi) is 5.59. The molecule has 0 aliphatic heterocycles. The van der Waals surface area contributed by atoms with Crippen LogP contribution in [0.2, 0.25) is 0 Å². The Morgan fingerprint density at radius 2 is 1.71 bits per heavy atom. The first kappa shape index (κ1) is 19.4. The third kappa shape index (κ3) is 3.96. The summed E-state index contributed by atoms with van der Waals surface area (Å²) in [6.07, 6.45) is -0.876. The van der Waals surface area contributed by atoms with E-state index >= 15 is 0 Å². The summed E-state index contributed by atoms with van der Waals surface area (Å²) in [6, 6.07) is 16.5. The van der Waals surface area contributed by atoms with Gasteiger partial charge in [0.25, 0.3) is 5.91 Å². The first-order chi connectivity index (χ1) is 13.4. The van der Waals surface area contributed by atoms with Crippen LogP contribution in [0.1, 0.15) is 17.3 Å². The summed E-state index contributed by atoms with van der Waals surface area (Å²) < 4.78 is 10.6. The summed E-state index contributed by atoms with van der Waals surface area (Å²) in [5.41, 5.74) is 2.53. The average molecular weight is 378 g/mol. The maximum Gasteiger partial charge on any atom is 0.339 e. The van der Waals surface area contributed by atoms with Crippen molar-refractivity contribution in [2.45, 2.75) is 13.0 Å². The summed E-state index contributed by atoms with van der Waals surface area (Å²) >= 11 is 0. The number of likely N-dealkylation sites (N-methyl/N-ethyl adjacent to an activating group) is 1. The molecule has 0 fully saturated rings. The average Bonchev–Trinajstić information content (AvgIpc) is 2.72. The number of para-hydroxylation sites is 1. The van der Waals surface area contributed by atoms with E-state index in [0.717, 1.165) is 11.3 Å². The van der Waals surface area contributed by atoms with E-state index in [9.17, 15) is 9.59 Å². The van der Waals surface area contributed by atoms with Gasteiger partial charge in [0, 0.05) is 25.0 Å². The van der Waals surface area contributed by atoms with Crippen molar-refractivity contribution in [1.82, 2.24) is 9.88 Å². The highest BCUT2D eigenvalue weighted by atomic mass is 16.5. The number of hydrogen-bond donors (Lipinski definition) is 0. The van der Waals surface area contributed by atoms with Crippen LogP contribution in [0.5, 0.6) is 5.75 Å². The lowest BCUT2D eigenvalue weighted by molar-refractivity contribution is -0.137. The highest BCUT2D eigenvalue weighted by Crippen LogP contribution is 2.27. The predicted octanol–water partition coefficient (Wildman–Crippen LogP) is 3.54. The van der Waals surface area contributed by atoms with Crippen molar-refractivity contribution in [3.8, 4) is 17.0 Å². The van der Waals surface area contributed by atoms with Crippen molar-refractivity contribution in [2.75, 3.05) is 21.2 Å². The lowest BCUT2D eigenvalue weighted by Gasteiger charge is -2.18. The minimum atomic E-state index is -0.876. The van der Waals surface area contributed by atoms with Gasteiger partial charge in [-0.05, 0) is 43.3 Å². The fourth-order valence-corrected chi connectivity index (χ4v) is 2.89. The molecule has 6 heteroatoms. The molecular formula is C22H22N2O4. The molecule has 0 saturated heterocycles. The van der Waals surface area contributed by atoms with Gasteiger partial charge in [0.05, 0.1) is 23.9 Å². The van der Waals surface area contributed by atoms with E-state index in [4.69, 9.17) is 9.47 Å². The summed E-state index contributed by atoms with van der Waals surface area (Å²) in [5.74, 6) is -0.0988. The SMILES string of the molecule is COc1ccc(-c2cc(C(=O)O[C@@H](C)C(=O)N(C)C)c3ccccc3n2)cc1. The summed E-state index contributed by atoms with van der Waals surface area (Å²) in [6.45, 7) is 1.56. The van der Waals surface area contributed by atoms with E-state index in [1.165, 1.54) is 4.90 Å². The molecular weight excluding hydrogens is 356 g/mol. The van der Waals surface area contributed by atoms with Gasteiger partial charge in [-0.1, -0.05) is 18.2 Å². The van der Waals surface area contributed by atoms with E-state index in [-0.39, 0.29) is 5.91 Å². The van der Waals surface area contributed by atoms with Crippen LogP contribution in [0, 0.1) is 0 Å². The number of benzene rings is 2. The van der Waals surface area contributed by atoms with Gasteiger partial charge >= 0.3 is 5.97 Å². The monoisotopic (exact) mass is 378 g/mol. The van der Waals surface area contributed by atoms with Gasteiger partial charge in [-0.15, -0.1) is 0 Å². The van der Waals surface area contributed by atoms with E-state index in [1.807, 2.05) is 48.5 Å². The van der Waals surface area contributed by atoms with Crippen LogP contribution >= 0.6 is 0 Å². The molecule has 3 aromatic rings. The maximum atomic E-state index is 12.8. The predicted molar refractivity (Wildman–Crippen MR) is 107 cm³/mol. The number of rotatable bonds is 5. The lowest BCUT2D eigenvalue weighted by atomic mass is 10.0. The van der Waals surface area contributed by atoms with E-state index in [1.54, 1.807) is 34.2 Å². The molecule has 3 rings (SSSR count). The zero-order valence-corrected chi connectivity index (χ0v) is 16.3. The molecule has 6 nitrogen and oxygen atoms in total. The number of carbonyl (C=O) groups is 2. The molecule has 1 amide bonds. The molecule has 2 aromatic carbocycles. The highest BCUT2D eigenvalue weighted by Gasteiger charge is 2.22. The van der Waals surface area contributed by atoms with Crippen molar-refractivity contribution in [3.05, 3.63) is 60.2 Å². The molecule has 0 saturated carbocycles. The van der Waals surface area contributed by atoms with Gasteiger partial charge in [0.15, 0.2) is 6.10 Å². The lowest BCUT2D eigenvalue weighted by Crippen LogP contribution is -2.34. The molecule has 0 N–H and O–H groups in total. The van der Waals surface area contributed by atoms with E-state index < -0.39 is 12.1 Å². The summed E-state index contributed by atoms with van der Waals surface area (Å²) in [7, 11) is 4.85. The molecule has 1 heterocycles. The number of esters is 1. The fourth-order valence-electron chi connectivity index (χ4n) is 2.89. The zero-order chi connectivity index (χ0) is 20.3. The smallest absolute Gasteiger partial charge is 0.339 e. The number of ether oxygens (including phenoxy) is 2. The Morgan fingerprint density at radius 1 is 1.04 bits per heavy atom. The number of aromatic nitrogens is 1. The number of pyridine rings is 1. The third-order valence-electron chi connectivity index (χ3n) is 4.39. The minimum absolute atomic E-state index is 0.276. The van der Waals surface area contributed by atoms with Gasteiger partial charge < -0.3 is 14.4 Å². The second-order valence-electron chi connectivity index (χ2n) is 6.58. The van der Waals surface area contributed by atoms with Crippen molar-refractivity contribution < 1.29 is 19.1 Å². The molecule has 0 radical (unpaired) electrons. The number of methoxy groups -OCH3 is 1. The Bertz CT molecular complexity index is 1010. The first-order valence-corrected chi connectivity index (χ1v) is 8.87. The standard InChI is InChI=1S/C22H22N2O4/c1-14(21(25)24(2)3)28-22(26)18-13-20(15-9-11-16(27-4)12-10-15)23-19-8-6-5-7-17(18)19/h5-14H,1-4H3/t14-/m0/s1. The molecule has 0 unspecified atom stereocenters. The van der Waals surface area contributed by atoms with Gasteiger partial charge in [-0.2, -0.15) is 0 Å². The third-order valence-corrected chi connectivity index (χ3v) is 4.39. The van der Waals surface area contributed by atoms with Crippen LogP contribution in [0.3, 0.4) is 0 Å². The van der Waals surface area contributed by atoms with Crippen molar-refractivity contribution in [2.24, 2.45) is 0 Å². The van der Waals surface area contributed by atoms with Gasteiger partial charge in [-0.3, -0.25) is 4.79 Å². The second kappa shape index (κ2) is 8.08. The second-order valence-corrected chi connectivity index (χ2v) is 6.58. The molecule has 0 aliphatic rings. The highest BCUT2D eigenvalue weighted by molar-refractivity contribution is 6.05. The Morgan fingerprint density at radius 3 is 2.36 bits per heavy atom. The molecule has 144 valence electrons. The van der Waals surface area contributed by atoms with Crippen LogP contribution in [0.15, 0.2) is 54.6 Å². The normalized spacial score (nSPS) is 11.7. The van der Waals surface area contributed by atoms with Gasteiger partial charge in [0.2, 0.25) is 0 Å². The van der Waals surface area contributed by atoms with E-state index in [2.05, 4.69) is 4.98 Å². The molecule has 28 heavy (non-hydrogen) atoms. The van der Waals surface area contributed by atoms with Gasteiger partial charge in [-0.25, -0.2) is 9.78 Å². The van der Waals surface area contributed by atoms with Crippen LogP contribution in [0.4, 0.5) is 0 Å². The Hall–Kier alpha value is -3.41. The largest absolute Gasteiger partial charge is 0.497 e. The number of fused-ring (bicyclic) bond motifs is 1. The molecule has 0 aliphatic carbocycles. The Labute approximate surface area is 163 Å². The number of hydrogen-bond acceptors (Lipinski definition) is 5. The van der Waals surface area contributed by atoms with Crippen molar-refractivity contribution in [3.63, 3.8) is 0 Å².